The van der Waals surface area contributed by atoms with Gasteiger partial charge in [-0.05, 0) is 60.0 Å². The van der Waals surface area contributed by atoms with E-state index in [0.717, 1.165) is 29.0 Å². The van der Waals surface area contributed by atoms with Crippen LogP contribution >= 0.6 is 11.6 Å². The normalized spacial score (nSPS) is 10.3. The van der Waals surface area contributed by atoms with Gasteiger partial charge in [0, 0.05) is 16.3 Å². The maximum Gasteiger partial charge on any atom is 0.251 e. The fourth-order valence-electron chi connectivity index (χ4n) is 2.86. The van der Waals surface area contributed by atoms with Gasteiger partial charge < -0.3 is 15.4 Å². The predicted octanol–water partition coefficient (Wildman–Crippen LogP) is 4.85. The second-order valence-electron chi connectivity index (χ2n) is 6.68. The van der Waals surface area contributed by atoms with Crippen LogP contribution in [0.25, 0.3) is 0 Å². The molecule has 0 aliphatic carbocycles. The summed E-state index contributed by atoms with van der Waals surface area (Å²) in [5.74, 6) is 0.146. The van der Waals surface area contributed by atoms with Gasteiger partial charge in [0.2, 0.25) is 5.91 Å². The van der Waals surface area contributed by atoms with Gasteiger partial charge in [-0.2, -0.15) is 0 Å². The van der Waals surface area contributed by atoms with Gasteiger partial charge in [-0.3, -0.25) is 9.59 Å². The Kier molecular flexibility index (Phi) is 7.46. The van der Waals surface area contributed by atoms with Gasteiger partial charge in [0.25, 0.3) is 5.91 Å². The van der Waals surface area contributed by atoms with E-state index in [2.05, 4.69) is 10.6 Å². The molecule has 0 aliphatic rings. The van der Waals surface area contributed by atoms with Crippen LogP contribution in [0.1, 0.15) is 28.4 Å². The minimum atomic E-state index is -0.306. The lowest BCUT2D eigenvalue weighted by molar-refractivity contribution is -0.115. The minimum absolute atomic E-state index is 0.0989. The number of benzene rings is 3. The summed E-state index contributed by atoms with van der Waals surface area (Å²) >= 11 is 5.86. The Morgan fingerprint density at radius 3 is 2.33 bits per heavy atom. The first-order valence-corrected chi connectivity index (χ1v) is 10.1. The summed E-state index contributed by atoms with van der Waals surface area (Å²) in [6, 6.07) is 21.8. The SMILES string of the molecule is CCc1ccccc1NC(=O)CNC(=O)c1ccc(COc2ccc(Cl)cc2)cc1. The maximum absolute atomic E-state index is 12.3. The molecule has 30 heavy (non-hydrogen) atoms. The average Bonchev–Trinajstić information content (AvgIpc) is 2.78. The quantitative estimate of drug-likeness (QED) is 0.545. The first-order valence-electron chi connectivity index (χ1n) is 9.68. The van der Waals surface area contributed by atoms with Gasteiger partial charge >= 0.3 is 0 Å². The number of aryl methyl sites for hydroxylation is 1. The third-order valence-corrected chi connectivity index (χ3v) is 4.77. The molecule has 0 atom stereocenters. The summed E-state index contributed by atoms with van der Waals surface area (Å²) in [5, 5.41) is 6.13. The van der Waals surface area contributed by atoms with Crippen molar-refractivity contribution in [3.05, 3.63) is 94.5 Å². The zero-order valence-electron chi connectivity index (χ0n) is 16.7. The van der Waals surface area contributed by atoms with Crippen molar-refractivity contribution in [2.75, 3.05) is 11.9 Å². The molecule has 3 aromatic rings. The Morgan fingerprint density at radius 1 is 0.933 bits per heavy atom. The monoisotopic (exact) mass is 422 g/mol. The van der Waals surface area contributed by atoms with E-state index in [1.807, 2.05) is 43.3 Å². The third-order valence-electron chi connectivity index (χ3n) is 4.52. The fourth-order valence-corrected chi connectivity index (χ4v) is 2.98. The molecule has 0 bridgehead atoms. The number of anilines is 1. The average molecular weight is 423 g/mol. The zero-order valence-corrected chi connectivity index (χ0v) is 17.4. The van der Waals surface area contributed by atoms with Crippen LogP contribution in [0.15, 0.2) is 72.8 Å². The highest BCUT2D eigenvalue weighted by Gasteiger charge is 2.10. The van der Waals surface area contributed by atoms with Crippen molar-refractivity contribution in [2.45, 2.75) is 20.0 Å². The number of amides is 2. The largest absolute Gasteiger partial charge is 0.489 e. The second-order valence-corrected chi connectivity index (χ2v) is 7.12. The number of hydrogen-bond acceptors (Lipinski definition) is 3. The molecule has 3 aromatic carbocycles. The van der Waals surface area contributed by atoms with Crippen LogP contribution in [0.5, 0.6) is 5.75 Å². The lowest BCUT2D eigenvalue weighted by Gasteiger charge is -2.11. The molecule has 0 saturated heterocycles. The van der Waals surface area contributed by atoms with Gasteiger partial charge in [-0.15, -0.1) is 0 Å². The number of nitrogens with one attached hydrogen (secondary N) is 2. The number of ether oxygens (including phenoxy) is 1. The number of hydrogen-bond donors (Lipinski definition) is 2. The molecule has 0 fully saturated rings. The second kappa shape index (κ2) is 10.5. The van der Waals surface area contributed by atoms with E-state index in [4.69, 9.17) is 16.3 Å². The lowest BCUT2D eigenvalue weighted by atomic mass is 10.1. The first-order chi connectivity index (χ1) is 14.5. The lowest BCUT2D eigenvalue weighted by Crippen LogP contribution is -2.33. The molecule has 0 saturated carbocycles. The Hall–Kier alpha value is -3.31. The molecule has 0 heterocycles. The smallest absolute Gasteiger partial charge is 0.251 e. The molecule has 0 radical (unpaired) electrons. The van der Waals surface area contributed by atoms with E-state index in [0.29, 0.717) is 17.2 Å². The van der Waals surface area contributed by atoms with Crippen LogP contribution in [0.4, 0.5) is 5.69 Å². The van der Waals surface area contributed by atoms with Crippen molar-refractivity contribution < 1.29 is 14.3 Å². The van der Waals surface area contributed by atoms with Crippen molar-refractivity contribution in [3.8, 4) is 5.75 Å². The number of rotatable bonds is 8. The van der Waals surface area contributed by atoms with Gasteiger partial charge in [0.15, 0.2) is 0 Å². The number of halogens is 1. The molecule has 0 aromatic heterocycles. The van der Waals surface area contributed by atoms with Crippen LogP contribution in [-0.4, -0.2) is 18.4 Å². The van der Waals surface area contributed by atoms with Crippen molar-refractivity contribution in [3.63, 3.8) is 0 Å². The van der Waals surface area contributed by atoms with Gasteiger partial charge in [-0.25, -0.2) is 0 Å². The molecule has 0 spiro atoms. The summed E-state index contributed by atoms with van der Waals surface area (Å²) in [7, 11) is 0. The topological polar surface area (TPSA) is 67.4 Å². The highest BCUT2D eigenvalue weighted by Crippen LogP contribution is 2.17. The predicted molar refractivity (Wildman–Crippen MR) is 119 cm³/mol. The van der Waals surface area contributed by atoms with E-state index in [-0.39, 0.29) is 18.4 Å². The zero-order chi connectivity index (χ0) is 21.3. The van der Waals surface area contributed by atoms with Gasteiger partial charge in [0.05, 0.1) is 6.54 Å². The molecule has 2 N–H and O–H groups in total. The van der Waals surface area contributed by atoms with Gasteiger partial charge in [0.1, 0.15) is 12.4 Å². The molecular weight excluding hydrogens is 400 g/mol. The Morgan fingerprint density at radius 2 is 1.63 bits per heavy atom. The number of para-hydroxylation sites is 1. The highest BCUT2D eigenvalue weighted by molar-refractivity contribution is 6.30. The fraction of sp³-hybridized carbons (Fsp3) is 0.167. The van der Waals surface area contributed by atoms with Crippen molar-refractivity contribution in [1.29, 1.82) is 0 Å². The third kappa shape index (κ3) is 6.09. The Balaban J connectivity index is 1.48. The van der Waals surface area contributed by atoms with Gasteiger partial charge in [-0.1, -0.05) is 48.9 Å². The van der Waals surface area contributed by atoms with Crippen LogP contribution in [-0.2, 0) is 17.8 Å². The number of carbonyl (C=O) groups excluding carboxylic acids is 2. The standard InChI is InChI=1S/C24H23ClN2O3/c1-2-18-5-3-4-6-22(18)27-23(28)15-26-24(29)19-9-7-17(8-10-19)16-30-21-13-11-20(25)12-14-21/h3-14H,2,15-16H2,1H3,(H,26,29)(H,27,28). The van der Waals surface area contributed by atoms with Crippen LogP contribution in [0, 0.1) is 0 Å². The summed E-state index contributed by atoms with van der Waals surface area (Å²) in [6.07, 6.45) is 0.816. The molecule has 0 unspecified atom stereocenters. The molecule has 3 rings (SSSR count). The molecule has 0 aliphatic heterocycles. The van der Waals surface area contributed by atoms with E-state index in [1.54, 1.807) is 36.4 Å². The van der Waals surface area contributed by atoms with Crippen LogP contribution < -0.4 is 15.4 Å². The summed E-state index contributed by atoms with van der Waals surface area (Å²) in [6.45, 7) is 2.30. The van der Waals surface area contributed by atoms with Crippen molar-refractivity contribution in [1.82, 2.24) is 5.32 Å². The maximum atomic E-state index is 12.3. The molecule has 5 nitrogen and oxygen atoms in total. The van der Waals surface area contributed by atoms with Crippen LogP contribution in [0.3, 0.4) is 0 Å². The highest BCUT2D eigenvalue weighted by atomic mass is 35.5. The molecule has 154 valence electrons. The first kappa shape index (κ1) is 21.4. The van der Waals surface area contributed by atoms with E-state index < -0.39 is 0 Å². The Labute approximate surface area is 181 Å². The van der Waals surface area contributed by atoms with E-state index >= 15 is 0 Å². The molecule has 6 heteroatoms. The Bertz CT molecular complexity index is 1000. The number of carbonyl (C=O) groups is 2. The minimum Gasteiger partial charge on any atom is -0.489 e. The summed E-state index contributed by atoms with van der Waals surface area (Å²) in [5.41, 5.74) is 3.22. The van der Waals surface area contributed by atoms with Crippen LogP contribution in [0.2, 0.25) is 5.02 Å². The van der Waals surface area contributed by atoms with Crippen molar-refractivity contribution in [2.24, 2.45) is 0 Å². The van der Waals surface area contributed by atoms with E-state index in [9.17, 15) is 9.59 Å². The van der Waals surface area contributed by atoms with Crippen molar-refractivity contribution >= 4 is 29.1 Å². The van der Waals surface area contributed by atoms with E-state index in [1.165, 1.54) is 0 Å². The molecular formula is C24H23ClN2O3. The summed E-state index contributed by atoms with van der Waals surface area (Å²) < 4.78 is 5.69. The summed E-state index contributed by atoms with van der Waals surface area (Å²) in [4.78, 5) is 24.5. The molecule has 2 amide bonds.